The third kappa shape index (κ3) is 14.0. The van der Waals surface area contributed by atoms with E-state index < -0.39 is 0 Å². The Labute approximate surface area is 687 Å². The second-order valence-electron chi connectivity index (χ2n) is 28.9. The quantitative estimate of drug-likeness (QED) is 0.103. The van der Waals surface area contributed by atoms with Gasteiger partial charge in [0.05, 0.1) is 26.8 Å². The molecule has 22 rings (SSSR count). The maximum absolute atomic E-state index is 5.03. The first-order chi connectivity index (χ1) is 58.4. The number of aromatic nitrogens is 11. The predicted molar refractivity (Wildman–Crippen MR) is 486 cm³/mol. The van der Waals surface area contributed by atoms with Crippen LogP contribution in [0.5, 0.6) is 0 Å². The summed E-state index contributed by atoms with van der Waals surface area (Å²) in [5.74, 6) is 3.81. The van der Waals surface area contributed by atoms with Gasteiger partial charge in [-0.3, -0.25) is 4.98 Å². The van der Waals surface area contributed by atoms with Gasteiger partial charge >= 0.3 is 0 Å². The van der Waals surface area contributed by atoms with Crippen molar-refractivity contribution in [1.82, 2.24) is 54.8 Å². The van der Waals surface area contributed by atoms with Crippen LogP contribution in [-0.4, -0.2) is 54.8 Å². The monoisotopic (exact) mass is 1540 g/mol. The standard InChI is InChI=1S/C53H33N5S.C52H32N6S/c1-3-11-34(12-4-1)35-27-31-41(32-28-35)51-56-50(40-13-5-2-6-14-40)57-52(58-51)43-16-9-15-42(33-43)38-23-21-36(22-24-38)37-25-29-39(30-26-37)44-17-10-18-45-48-53(59-49(44)45)55-47-20-8-7-19-46(47)54-48;1-3-10-33(11-4-1)34-24-28-40(29-25-34)50-56-49(39-12-5-2-6-13-39)57-51(58-50)42-15-9-14-41(32-42)37-20-18-35(19-21-37)36-22-26-38(27-23-36)43-30-31-53-46-47-52(59-48(43)46)55-45-17-8-7-16-44(45)54-47/h1-33H;1-32H. The molecule has 0 saturated heterocycles. The lowest BCUT2D eigenvalue weighted by Gasteiger charge is -2.11. The molecular weight excluding hydrogens is 1480 g/mol. The van der Waals surface area contributed by atoms with E-state index in [0.29, 0.717) is 34.9 Å². The summed E-state index contributed by atoms with van der Waals surface area (Å²) in [6.45, 7) is 0. The zero-order valence-corrected chi connectivity index (χ0v) is 64.9. The third-order valence-corrected chi connectivity index (χ3v) is 23.7. The number of thiophene rings is 2. The van der Waals surface area contributed by atoms with E-state index in [1.54, 1.807) is 22.7 Å². The van der Waals surface area contributed by atoms with E-state index in [4.69, 9.17) is 54.8 Å². The Morgan fingerprint density at radius 2 is 0.424 bits per heavy atom. The van der Waals surface area contributed by atoms with Crippen molar-refractivity contribution in [2.75, 3.05) is 0 Å². The first kappa shape index (κ1) is 70.5. The van der Waals surface area contributed by atoms with Crippen LogP contribution >= 0.6 is 22.7 Å². The predicted octanol–water partition coefficient (Wildman–Crippen LogP) is 27.1. The second-order valence-corrected chi connectivity index (χ2v) is 30.9. The molecule has 22 aromatic rings. The Hall–Kier alpha value is -15.4. The molecule has 0 amide bonds. The van der Waals surface area contributed by atoms with Gasteiger partial charge in [-0.15, -0.1) is 22.7 Å². The lowest BCUT2D eigenvalue weighted by Crippen LogP contribution is -2.00. The van der Waals surface area contributed by atoms with Crippen LogP contribution in [0.15, 0.2) is 394 Å². The first-order valence-electron chi connectivity index (χ1n) is 39.0. The molecule has 0 bridgehead atoms. The van der Waals surface area contributed by atoms with Crippen LogP contribution in [0.3, 0.4) is 0 Å². The van der Waals surface area contributed by atoms with Crippen molar-refractivity contribution in [2.24, 2.45) is 0 Å². The van der Waals surface area contributed by atoms with Crippen molar-refractivity contribution in [1.29, 1.82) is 0 Å². The van der Waals surface area contributed by atoms with Gasteiger partial charge in [-0.05, 0) is 126 Å². The normalized spacial score (nSPS) is 11.4. The molecule has 0 atom stereocenters. The number of hydrogen-bond donors (Lipinski definition) is 0. The highest BCUT2D eigenvalue weighted by molar-refractivity contribution is 7.26. The number of benzene rings is 15. The number of pyridine rings is 1. The number of fused-ring (bicyclic) bond motifs is 8. The Balaban J connectivity index is 0.000000147. The van der Waals surface area contributed by atoms with Gasteiger partial charge in [-0.1, -0.05) is 346 Å². The molecule has 0 aliphatic heterocycles. The number of rotatable bonds is 14. The van der Waals surface area contributed by atoms with E-state index in [1.165, 1.54) is 27.0 Å². The number of hydrogen-bond acceptors (Lipinski definition) is 13. The molecule has 0 spiro atoms. The summed E-state index contributed by atoms with van der Waals surface area (Å²) < 4.78 is 2.30. The largest absolute Gasteiger partial charge is 0.253 e. The van der Waals surface area contributed by atoms with E-state index in [0.717, 1.165) is 159 Å². The van der Waals surface area contributed by atoms with Crippen LogP contribution < -0.4 is 0 Å². The molecule has 7 aromatic heterocycles. The zero-order valence-electron chi connectivity index (χ0n) is 63.3. The van der Waals surface area contributed by atoms with Gasteiger partial charge in [-0.2, -0.15) is 0 Å². The Kier molecular flexibility index (Phi) is 18.4. The molecule has 118 heavy (non-hydrogen) atoms. The topological polar surface area (TPSA) is 142 Å². The smallest absolute Gasteiger partial charge is 0.164 e. The molecule has 7 heterocycles. The Morgan fingerprint density at radius 1 is 0.161 bits per heavy atom. The molecule has 0 saturated carbocycles. The molecule has 13 heteroatoms. The molecule has 0 unspecified atom stereocenters. The minimum absolute atomic E-state index is 0.627. The number of para-hydroxylation sites is 4. The minimum Gasteiger partial charge on any atom is -0.253 e. The Morgan fingerprint density at radius 3 is 0.822 bits per heavy atom. The average molecular weight is 1540 g/mol. The fraction of sp³-hybridized carbons (Fsp3) is 0. The third-order valence-electron chi connectivity index (χ3n) is 21.4. The highest BCUT2D eigenvalue weighted by Crippen LogP contribution is 2.43. The van der Waals surface area contributed by atoms with E-state index in [2.05, 4.69) is 267 Å². The molecule has 0 fully saturated rings. The second kappa shape index (κ2) is 30.8. The summed E-state index contributed by atoms with van der Waals surface area (Å²) in [7, 11) is 0. The molecule has 552 valence electrons. The van der Waals surface area contributed by atoms with Crippen LogP contribution in [0.25, 0.3) is 220 Å². The molecule has 0 aliphatic carbocycles. The van der Waals surface area contributed by atoms with Crippen LogP contribution in [0.2, 0.25) is 0 Å². The van der Waals surface area contributed by atoms with Gasteiger partial charge in [0.2, 0.25) is 0 Å². The van der Waals surface area contributed by atoms with E-state index in [-0.39, 0.29) is 0 Å². The fourth-order valence-corrected chi connectivity index (χ4v) is 17.6. The van der Waals surface area contributed by atoms with Crippen molar-refractivity contribution >= 4 is 85.7 Å². The van der Waals surface area contributed by atoms with Crippen LogP contribution in [0.1, 0.15) is 0 Å². The van der Waals surface area contributed by atoms with Crippen molar-refractivity contribution in [3.63, 3.8) is 0 Å². The van der Waals surface area contributed by atoms with Crippen molar-refractivity contribution in [2.45, 2.75) is 0 Å². The fourth-order valence-electron chi connectivity index (χ4n) is 15.3. The van der Waals surface area contributed by atoms with E-state index >= 15 is 0 Å². The van der Waals surface area contributed by atoms with Gasteiger partial charge in [-0.25, -0.2) is 49.8 Å². The van der Waals surface area contributed by atoms with Crippen molar-refractivity contribution in [3.8, 4) is 157 Å². The highest BCUT2D eigenvalue weighted by atomic mass is 32.1. The maximum Gasteiger partial charge on any atom is 0.164 e. The summed E-state index contributed by atoms with van der Waals surface area (Å²) in [6, 6.07) is 134. The molecule has 0 radical (unpaired) electrons. The minimum atomic E-state index is 0.627. The van der Waals surface area contributed by atoms with Gasteiger partial charge < -0.3 is 0 Å². The lowest BCUT2D eigenvalue weighted by molar-refractivity contribution is 1.07. The summed E-state index contributed by atoms with van der Waals surface area (Å²) in [5.41, 5.74) is 30.2. The Bertz CT molecular complexity index is 7030. The van der Waals surface area contributed by atoms with Crippen molar-refractivity contribution < 1.29 is 0 Å². The molecule has 0 N–H and O–H groups in total. The maximum atomic E-state index is 5.03. The number of nitrogens with zero attached hydrogens (tertiary/aromatic N) is 11. The zero-order chi connectivity index (χ0) is 78.2. The summed E-state index contributed by atoms with van der Waals surface area (Å²) in [4.78, 5) is 56.3. The lowest BCUT2D eigenvalue weighted by atomic mass is 9.97. The summed E-state index contributed by atoms with van der Waals surface area (Å²) in [6.07, 6.45) is 1.87. The van der Waals surface area contributed by atoms with Gasteiger partial charge in [0.25, 0.3) is 0 Å². The average Bonchev–Trinajstić information content (AvgIpc) is 1.61. The van der Waals surface area contributed by atoms with Crippen LogP contribution in [-0.2, 0) is 0 Å². The van der Waals surface area contributed by atoms with E-state index in [9.17, 15) is 0 Å². The van der Waals surface area contributed by atoms with E-state index in [1.807, 2.05) is 128 Å². The summed E-state index contributed by atoms with van der Waals surface area (Å²) in [5, 5.41) is 1.14. The van der Waals surface area contributed by atoms with Crippen molar-refractivity contribution in [3.05, 3.63) is 394 Å². The van der Waals surface area contributed by atoms with Gasteiger partial charge in [0.15, 0.2) is 34.9 Å². The molecular formula is C105H65N11S2. The SMILES string of the molecule is c1ccc(-c2ccc(-c3nc(-c4ccccc4)nc(-c4cccc(-c5ccc(-c6ccc(-c7cccc8c7sc7nc9ccccc9nc78)cc6)cc5)c4)n3)cc2)cc1.c1ccc(-c2ccc(-c3nc(-c4ccccc4)nc(-c4cccc(-c5ccc(-c6ccc(-c7ccnc8c7sc7nc9ccccc9nc78)cc6)cc5)c4)n3)cc2)cc1. The molecule has 15 aromatic carbocycles. The summed E-state index contributed by atoms with van der Waals surface area (Å²) >= 11 is 3.36. The highest BCUT2D eigenvalue weighted by Gasteiger charge is 2.21. The van der Waals surface area contributed by atoms with Gasteiger partial charge in [0.1, 0.15) is 26.2 Å². The first-order valence-corrected chi connectivity index (χ1v) is 40.6. The molecule has 0 aliphatic rings. The van der Waals surface area contributed by atoms with Crippen LogP contribution in [0, 0.1) is 0 Å². The van der Waals surface area contributed by atoms with Crippen LogP contribution in [0.4, 0.5) is 0 Å². The molecule has 11 nitrogen and oxygen atoms in total. The van der Waals surface area contributed by atoms with Gasteiger partial charge in [0, 0.05) is 55.2 Å².